The highest BCUT2D eigenvalue weighted by atomic mass is 32.2. The van der Waals surface area contributed by atoms with Crippen LogP contribution >= 0.6 is 0 Å². The van der Waals surface area contributed by atoms with E-state index in [0.29, 0.717) is 5.75 Å². The maximum atomic E-state index is 12.5. The summed E-state index contributed by atoms with van der Waals surface area (Å²) in [4.78, 5) is 0.145. The fourth-order valence-electron chi connectivity index (χ4n) is 2.41. The maximum Gasteiger partial charge on any atom is 0.244 e. The smallest absolute Gasteiger partial charge is 0.244 e. The first-order valence-corrected chi connectivity index (χ1v) is 9.72. The average Bonchev–Trinajstić information content (AvgIpc) is 2.60. The molecule has 0 bridgehead atoms. The molecule has 0 saturated carbocycles. The van der Waals surface area contributed by atoms with Gasteiger partial charge in [-0.05, 0) is 61.2 Å². The summed E-state index contributed by atoms with van der Waals surface area (Å²) >= 11 is 0. The molecule has 2 aromatic carbocycles. The molecule has 0 spiro atoms. The van der Waals surface area contributed by atoms with Crippen LogP contribution in [0, 0.1) is 13.8 Å². The summed E-state index contributed by atoms with van der Waals surface area (Å²) in [7, 11) is -2.20. The van der Waals surface area contributed by atoms with E-state index >= 15 is 0 Å². The molecule has 0 heterocycles. The van der Waals surface area contributed by atoms with E-state index < -0.39 is 10.0 Å². The van der Waals surface area contributed by atoms with Crippen LogP contribution in [0.5, 0.6) is 11.5 Å². The molecular formula is C19H25NO4S. The lowest BCUT2D eigenvalue weighted by molar-refractivity contribution is 0.322. The third-order valence-corrected chi connectivity index (χ3v) is 5.52. The summed E-state index contributed by atoms with van der Waals surface area (Å²) < 4.78 is 38.5. The molecule has 6 heteroatoms. The molecule has 0 aliphatic carbocycles. The van der Waals surface area contributed by atoms with Crippen LogP contribution < -0.4 is 14.2 Å². The SMILES string of the molecule is CCc1cccc(OCCNS(=O)(=O)c2cc(C)c(C)cc2OC)c1. The van der Waals surface area contributed by atoms with Crippen molar-refractivity contribution in [3.8, 4) is 11.5 Å². The first-order valence-electron chi connectivity index (χ1n) is 8.24. The Morgan fingerprint density at radius 1 is 1.08 bits per heavy atom. The molecule has 0 amide bonds. The fraction of sp³-hybridized carbons (Fsp3) is 0.368. The predicted octanol–water partition coefficient (Wildman–Crippen LogP) is 3.23. The zero-order valence-electron chi connectivity index (χ0n) is 15.1. The lowest BCUT2D eigenvalue weighted by Gasteiger charge is -2.13. The standard InChI is InChI=1S/C19H25NO4S/c1-5-16-7-6-8-17(13-16)24-10-9-20-25(21,22)19-12-15(3)14(2)11-18(19)23-4/h6-8,11-13,20H,5,9-10H2,1-4H3. The molecule has 0 aliphatic heterocycles. The molecule has 0 unspecified atom stereocenters. The van der Waals surface area contributed by atoms with Crippen molar-refractivity contribution in [3.05, 3.63) is 53.1 Å². The summed E-state index contributed by atoms with van der Waals surface area (Å²) in [6, 6.07) is 11.1. The summed E-state index contributed by atoms with van der Waals surface area (Å²) in [5, 5.41) is 0. The highest BCUT2D eigenvalue weighted by Gasteiger charge is 2.20. The maximum absolute atomic E-state index is 12.5. The van der Waals surface area contributed by atoms with Crippen LogP contribution in [0.25, 0.3) is 0 Å². The summed E-state index contributed by atoms with van der Waals surface area (Å²) in [5.41, 5.74) is 3.06. The van der Waals surface area contributed by atoms with E-state index in [0.717, 1.165) is 23.3 Å². The predicted molar refractivity (Wildman–Crippen MR) is 99.0 cm³/mol. The van der Waals surface area contributed by atoms with Gasteiger partial charge in [-0.2, -0.15) is 0 Å². The molecule has 0 radical (unpaired) electrons. The van der Waals surface area contributed by atoms with Gasteiger partial charge < -0.3 is 9.47 Å². The molecule has 2 aromatic rings. The van der Waals surface area contributed by atoms with Crippen LogP contribution in [0.1, 0.15) is 23.6 Å². The van der Waals surface area contributed by atoms with Crippen LogP contribution in [0.3, 0.4) is 0 Å². The van der Waals surface area contributed by atoms with Gasteiger partial charge in [-0.25, -0.2) is 13.1 Å². The number of hydrogen-bond donors (Lipinski definition) is 1. The topological polar surface area (TPSA) is 64.6 Å². The molecule has 0 aliphatic rings. The number of methoxy groups -OCH3 is 1. The molecule has 0 saturated heterocycles. The zero-order chi connectivity index (χ0) is 18.4. The van der Waals surface area contributed by atoms with Gasteiger partial charge in [0, 0.05) is 6.54 Å². The molecule has 0 atom stereocenters. The normalized spacial score (nSPS) is 11.4. The van der Waals surface area contributed by atoms with E-state index in [9.17, 15) is 8.42 Å². The minimum atomic E-state index is -3.66. The number of nitrogens with one attached hydrogen (secondary N) is 1. The Kier molecular flexibility index (Phi) is 6.45. The lowest BCUT2D eigenvalue weighted by Crippen LogP contribution is -2.28. The van der Waals surface area contributed by atoms with Crippen molar-refractivity contribution in [2.75, 3.05) is 20.3 Å². The quantitative estimate of drug-likeness (QED) is 0.732. The molecule has 136 valence electrons. The van der Waals surface area contributed by atoms with Crippen molar-refractivity contribution < 1.29 is 17.9 Å². The Hall–Kier alpha value is -2.05. The van der Waals surface area contributed by atoms with E-state index in [1.807, 2.05) is 38.1 Å². The van der Waals surface area contributed by atoms with Crippen molar-refractivity contribution in [2.45, 2.75) is 32.1 Å². The van der Waals surface area contributed by atoms with Crippen LogP contribution in [-0.4, -0.2) is 28.7 Å². The van der Waals surface area contributed by atoms with E-state index in [2.05, 4.69) is 11.6 Å². The zero-order valence-corrected chi connectivity index (χ0v) is 15.9. The second-order valence-electron chi connectivity index (χ2n) is 5.83. The molecule has 5 nitrogen and oxygen atoms in total. The molecule has 0 aromatic heterocycles. The molecule has 1 N–H and O–H groups in total. The van der Waals surface area contributed by atoms with Gasteiger partial charge in [-0.1, -0.05) is 19.1 Å². The third kappa shape index (κ3) is 4.96. The molecular weight excluding hydrogens is 338 g/mol. The van der Waals surface area contributed by atoms with Crippen molar-refractivity contribution in [2.24, 2.45) is 0 Å². The summed E-state index contributed by atoms with van der Waals surface area (Å²) in [6.45, 7) is 6.29. The lowest BCUT2D eigenvalue weighted by atomic mass is 10.1. The van der Waals surface area contributed by atoms with E-state index in [-0.39, 0.29) is 18.0 Å². The minimum absolute atomic E-state index is 0.145. The highest BCUT2D eigenvalue weighted by molar-refractivity contribution is 7.89. The first-order chi connectivity index (χ1) is 11.9. The Morgan fingerprint density at radius 2 is 1.80 bits per heavy atom. The van der Waals surface area contributed by atoms with E-state index in [1.54, 1.807) is 12.1 Å². The second kappa shape index (κ2) is 8.36. The van der Waals surface area contributed by atoms with Crippen molar-refractivity contribution in [1.82, 2.24) is 4.72 Å². The Labute approximate surface area is 150 Å². The Bertz CT molecular complexity index is 831. The van der Waals surface area contributed by atoms with Crippen molar-refractivity contribution in [1.29, 1.82) is 0 Å². The van der Waals surface area contributed by atoms with Gasteiger partial charge >= 0.3 is 0 Å². The second-order valence-corrected chi connectivity index (χ2v) is 7.57. The van der Waals surface area contributed by atoms with Gasteiger partial charge in [-0.3, -0.25) is 0 Å². The van der Waals surface area contributed by atoms with Crippen LogP contribution in [0.2, 0.25) is 0 Å². The van der Waals surface area contributed by atoms with Crippen LogP contribution in [0.15, 0.2) is 41.3 Å². The minimum Gasteiger partial charge on any atom is -0.495 e. The monoisotopic (exact) mass is 363 g/mol. The van der Waals surface area contributed by atoms with Crippen molar-refractivity contribution in [3.63, 3.8) is 0 Å². The van der Waals surface area contributed by atoms with Gasteiger partial charge in [0.1, 0.15) is 23.0 Å². The first kappa shape index (κ1) is 19.3. The van der Waals surface area contributed by atoms with Gasteiger partial charge in [-0.15, -0.1) is 0 Å². The number of sulfonamides is 1. The Balaban J connectivity index is 2.01. The van der Waals surface area contributed by atoms with E-state index in [4.69, 9.17) is 9.47 Å². The number of benzene rings is 2. The molecule has 0 fully saturated rings. The van der Waals surface area contributed by atoms with Gasteiger partial charge in [0.25, 0.3) is 0 Å². The summed E-state index contributed by atoms with van der Waals surface area (Å²) in [6.07, 6.45) is 0.927. The van der Waals surface area contributed by atoms with Gasteiger partial charge in [0.15, 0.2) is 0 Å². The molecule has 2 rings (SSSR count). The fourth-order valence-corrected chi connectivity index (χ4v) is 3.66. The van der Waals surface area contributed by atoms with Crippen LogP contribution in [0.4, 0.5) is 0 Å². The number of rotatable bonds is 8. The Morgan fingerprint density at radius 3 is 2.48 bits per heavy atom. The van der Waals surface area contributed by atoms with Crippen molar-refractivity contribution >= 4 is 10.0 Å². The molecule has 25 heavy (non-hydrogen) atoms. The largest absolute Gasteiger partial charge is 0.495 e. The van der Waals surface area contributed by atoms with Gasteiger partial charge in [0.2, 0.25) is 10.0 Å². The van der Waals surface area contributed by atoms with Gasteiger partial charge in [0.05, 0.1) is 7.11 Å². The third-order valence-electron chi connectivity index (χ3n) is 4.04. The van der Waals surface area contributed by atoms with Crippen LogP contribution in [-0.2, 0) is 16.4 Å². The summed E-state index contributed by atoms with van der Waals surface area (Å²) in [5.74, 6) is 1.08. The van der Waals surface area contributed by atoms with E-state index in [1.165, 1.54) is 12.7 Å². The number of ether oxygens (including phenoxy) is 2. The number of aryl methyl sites for hydroxylation is 3. The number of hydrogen-bond acceptors (Lipinski definition) is 4. The highest BCUT2D eigenvalue weighted by Crippen LogP contribution is 2.27. The average molecular weight is 363 g/mol.